The van der Waals surface area contributed by atoms with Crippen molar-refractivity contribution < 1.29 is 9.47 Å². The molecule has 0 spiro atoms. The molecule has 0 aliphatic heterocycles. The van der Waals surface area contributed by atoms with E-state index in [9.17, 15) is 0 Å². The van der Waals surface area contributed by atoms with Crippen LogP contribution in [0.25, 0.3) is 0 Å². The molecule has 1 aromatic heterocycles. The molecule has 0 saturated heterocycles. The van der Waals surface area contributed by atoms with Gasteiger partial charge in [-0.1, -0.05) is 19.1 Å². The minimum atomic E-state index is 0.452. The predicted octanol–water partition coefficient (Wildman–Crippen LogP) is 3.63. The quantitative estimate of drug-likeness (QED) is 0.378. The lowest BCUT2D eigenvalue weighted by Gasteiger charge is -2.15. The highest BCUT2D eigenvalue weighted by Gasteiger charge is 2.07. The van der Waals surface area contributed by atoms with Gasteiger partial charge in [-0.05, 0) is 52.9 Å². The molecule has 5 nitrogen and oxygen atoms in total. The largest absolute Gasteiger partial charge is 0.491 e. The van der Waals surface area contributed by atoms with E-state index in [-0.39, 0.29) is 0 Å². The maximum atomic E-state index is 5.58. The van der Waals surface area contributed by atoms with Crippen molar-refractivity contribution in [3.8, 4) is 5.75 Å². The molecule has 6 heteroatoms. The van der Waals surface area contributed by atoms with Crippen molar-refractivity contribution in [2.75, 3.05) is 33.4 Å². The van der Waals surface area contributed by atoms with E-state index in [1.165, 1.54) is 5.56 Å². The van der Waals surface area contributed by atoms with Crippen molar-refractivity contribution in [2.24, 2.45) is 4.99 Å². The fourth-order valence-corrected chi connectivity index (χ4v) is 3.15. The summed E-state index contributed by atoms with van der Waals surface area (Å²) in [6, 6.07) is 10.2. The zero-order valence-corrected chi connectivity index (χ0v) is 16.6. The molecule has 1 atom stereocenters. The summed E-state index contributed by atoms with van der Waals surface area (Å²) in [5.41, 5.74) is 2.51. The van der Waals surface area contributed by atoms with Crippen molar-refractivity contribution in [2.45, 2.75) is 26.3 Å². The van der Waals surface area contributed by atoms with Crippen LogP contribution in [0.2, 0.25) is 0 Å². The predicted molar refractivity (Wildman–Crippen MR) is 109 cm³/mol. The molecule has 1 aromatic carbocycles. The van der Waals surface area contributed by atoms with E-state index in [1.807, 2.05) is 24.3 Å². The summed E-state index contributed by atoms with van der Waals surface area (Å²) in [5, 5.41) is 11.1. The highest BCUT2D eigenvalue weighted by Crippen LogP contribution is 2.17. The third-order valence-electron chi connectivity index (χ3n) is 3.93. The number of nitrogens with zero attached hydrogens (tertiary/aromatic N) is 1. The number of nitrogens with one attached hydrogen (secondary N) is 2. The fourth-order valence-electron chi connectivity index (χ4n) is 2.37. The second kappa shape index (κ2) is 11.5. The third-order valence-corrected chi connectivity index (χ3v) is 4.63. The molecule has 0 fully saturated rings. The second-order valence-electron chi connectivity index (χ2n) is 6.02. The number of rotatable bonds is 10. The Hall–Kier alpha value is -2.05. The zero-order chi connectivity index (χ0) is 18.6. The number of thiophene rings is 1. The van der Waals surface area contributed by atoms with Gasteiger partial charge < -0.3 is 20.1 Å². The average Bonchev–Trinajstić information content (AvgIpc) is 3.20. The number of hydrogen-bond acceptors (Lipinski definition) is 4. The van der Waals surface area contributed by atoms with Crippen molar-refractivity contribution >= 4 is 17.3 Å². The van der Waals surface area contributed by atoms with Gasteiger partial charge in [-0.2, -0.15) is 11.3 Å². The van der Waals surface area contributed by atoms with Gasteiger partial charge in [0, 0.05) is 20.2 Å². The van der Waals surface area contributed by atoms with Gasteiger partial charge in [0.1, 0.15) is 12.4 Å². The zero-order valence-electron chi connectivity index (χ0n) is 15.8. The van der Waals surface area contributed by atoms with Gasteiger partial charge in [0.15, 0.2) is 5.96 Å². The van der Waals surface area contributed by atoms with Crippen molar-refractivity contribution in [3.63, 3.8) is 0 Å². The summed E-state index contributed by atoms with van der Waals surface area (Å²) in [7, 11) is 1.67. The first-order valence-corrected chi connectivity index (χ1v) is 9.92. The number of ether oxygens (including phenoxy) is 2. The summed E-state index contributed by atoms with van der Waals surface area (Å²) in [4.78, 5) is 4.68. The minimum absolute atomic E-state index is 0.452. The first-order chi connectivity index (χ1) is 12.7. The van der Waals surface area contributed by atoms with Gasteiger partial charge >= 0.3 is 0 Å². The Morgan fingerprint density at radius 3 is 2.62 bits per heavy atom. The van der Waals surface area contributed by atoms with Crippen LogP contribution in [0.3, 0.4) is 0 Å². The first kappa shape index (κ1) is 20.3. The Bertz CT molecular complexity index is 642. The Balaban J connectivity index is 1.85. The molecule has 0 amide bonds. The molecule has 0 radical (unpaired) electrons. The maximum absolute atomic E-state index is 5.58. The second-order valence-corrected chi connectivity index (χ2v) is 6.80. The number of aliphatic imine (C=N–C) groups is 1. The van der Waals surface area contributed by atoms with E-state index in [4.69, 9.17) is 9.47 Å². The molecule has 142 valence electrons. The van der Waals surface area contributed by atoms with E-state index >= 15 is 0 Å². The monoisotopic (exact) mass is 375 g/mol. The number of methoxy groups -OCH3 is 1. The third kappa shape index (κ3) is 7.06. The average molecular weight is 376 g/mol. The lowest BCUT2D eigenvalue weighted by atomic mass is 10.1. The topological polar surface area (TPSA) is 54.9 Å². The summed E-state index contributed by atoms with van der Waals surface area (Å²) >= 11 is 1.74. The van der Waals surface area contributed by atoms with Gasteiger partial charge in [-0.3, -0.25) is 0 Å². The standard InChI is InChI=1S/C20H29N3O2S/c1-4-21-20(22-13-16(2)18-9-12-26-15-18)23-14-17-5-7-19(8-6-17)25-11-10-24-3/h5-9,12,15-16H,4,10-11,13-14H2,1-3H3,(H2,21,22,23). The van der Waals surface area contributed by atoms with Crippen LogP contribution in [0.5, 0.6) is 5.75 Å². The van der Waals surface area contributed by atoms with Crippen LogP contribution >= 0.6 is 11.3 Å². The van der Waals surface area contributed by atoms with Gasteiger partial charge in [0.05, 0.1) is 13.2 Å². The van der Waals surface area contributed by atoms with Crippen molar-refractivity contribution in [1.29, 1.82) is 0 Å². The maximum Gasteiger partial charge on any atom is 0.191 e. The number of guanidine groups is 1. The molecular formula is C20H29N3O2S. The molecule has 2 N–H and O–H groups in total. The number of benzene rings is 1. The van der Waals surface area contributed by atoms with Crippen LogP contribution < -0.4 is 15.4 Å². The highest BCUT2D eigenvalue weighted by atomic mass is 32.1. The van der Waals surface area contributed by atoms with Crippen LogP contribution in [0.4, 0.5) is 0 Å². The molecule has 2 aromatic rings. The van der Waals surface area contributed by atoms with Crippen LogP contribution in [0, 0.1) is 0 Å². The van der Waals surface area contributed by atoms with E-state index in [1.54, 1.807) is 18.4 Å². The molecule has 1 heterocycles. The van der Waals surface area contributed by atoms with Crippen LogP contribution in [0.15, 0.2) is 46.1 Å². The first-order valence-electron chi connectivity index (χ1n) is 8.98. The van der Waals surface area contributed by atoms with Crippen LogP contribution in [-0.4, -0.2) is 39.4 Å². The lowest BCUT2D eigenvalue weighted by Crippen LogP contribution is -2.39. The summed E-state index contributed by atoms with van der Waals surface area (Å²) in [6.07, 6.45) is 0. The highest BCUT2D eigenvalue weighted by molar-refractivity contribution is 7.07. The van der Waals surface area contributed by atoms with E-state index in [2.05, 4.69) is 46.3 Å². The number of hydrogen-bond donors (Lipinski definition) is 2. The normalized spacial score (nSPS) is 12.7. The van der Waals surface area contributed by atoms with E-state index in [0.29, 0.717) is 25.7 Å². The Morgan fingerprint density at radius 1 is 1.15 bits per heavy atom. The minimum Gasteiger partial charge on any atom is -0.491 e. The van der Waals surface area contributed by atoms with E-state index in [0.717, 1.165) is 30.4 Å². The van der Waals surface area contributed by atoms with E-state index < -0.39 is 0 Å². The van der Waals surface area contributed by atoms with Gasteiger partial charge in [-0.15, -0.1) is 0 Å². The molecule has 0 aliphatic carbocycles. The molecule has 0 aliphatic rings. The van der Waals surface area contributed by atoms with Gasteiger partial charge in [0.25, 0.3) is 0 Å². The molecule has 0 bridgehead atoms. The molecule has 26 heavy (non-hydrogen) atoms. The molecule has 0 saturated carbocycles. The Kier molecular flexibility index (Phi) is 9.00. The summed E-state index contributed by atoms with van der Waals surface area (Å²) < 4.78 is 10.6. The van der Waals surface area contributed by atoms with Crippen molar-refractivity contribution in [1.82, 2.24) is 10.6 Å². The Morgan fingerprint density at radius 2 is 1.96 bits per heavy atom. The fraction of sp³-hybridized carbons (Fsp3) is 0.450. The summed E-state index contributed by atoms with van der Waals surface area (Å²) in [6.45, 7) is 7.77. The van der Waals surface area contributed by atoms with Gasteiger partial charge in [0.2, 0.25) is 0 Å². The SMILES string of the molecule is CCNC(=NCc1ccc(OCCOC)cc1)NCC(C)c1ccsc1. The molecule has 1 unspecified atom stereocenters. The molecule has 2 rings (SSSR count). The van der Waals surface area contributed by atoms with Crippen molar-refractivity contribution in [3.05, 3.63) is 52.2 Å². The lowest BCUT2D eigenvalue weighted by molar-refractivity contribution is 0.146. The summed E-state index contributed by atoms with van der Waals surface area (Å²) in [5.74, 6) is 2.15. The molecular weight excluding hydrogens is 346 g/mol. The van der Waals surface area contributed by atoms with Crippen LogP contribution in [0.1, 0.15) is 30.9 Å². The smallest absolute Gasteiger partial charge is 0.191 e. The Labute approximate surface area is 160 Å². The van der Waals surface area contributed by atoms with Gasteiger partial charge in [-0.25, -0.2) is 4.99 Å². The van der Waals surface area contributed by atoms with Crippen LogP contribution in [-0.2, 0) is 11.3 Å².